The monoisotopic (exact) mass is 1050 g/mol. The van der Waals surface area contributed by atoms with E-state index in [1.165, 1.54) is 17.0 Å². The van der Waals surface area contributed by atoms with Gasteiger partial charge in [-0.15, -0.1) is 0 Å². The topological polar surface area (TPSA) is 352 Å². The van der Waals surface area contributed by atoms with Gasteiger partial charge < -0.3 is 64.4 Å². The first-order valence-corrected chi connectivity index (χ1v) is 25.7. The normalized spacial score (nSPS) is 16.0. The van der Waals surface area contributed by atoms with Crippen molar-refractivity contribution in [3.05, 3.63) is 65.7 Å². The van der Waals surface area contributed by atoms with Crippen molar-refractivity contribution < 1.29 is 48.3 Å². The molecule has 9 amide bonds. The lowest BCUT2D eigenvalue weighted by Crippen LogP contribution is -2.61. The van der Waals surface area contributed by atoms with Crippen LogP contribution in [0.5, 0.6) is 5.75 Å². The summed E-state index contributed by atoms with van der Waals surface area (Å²) >= 11 is 8.51. The van der Waals surface area contributed by atoms with Gasteiger partial charge in [0.05, 0.1) is 6.54 Å². The summed E-state index contributed by atoms with van der Waals surface area (Å²) in [6, 6.07) is 6.81. The summed E-state index contributed by atoms with van der Waals surface area (Å²) in [5, 5.41) is 28.7. The fraction of sp³-hybridized carbons (Fsp3) is 0.551. The molecule has 0 aromatic heterocycles. The Morgan fingerprint density at radius 1 is 0.726 bits per heavy atom. The number of carbonyl (C=O) groups excluding carboxylic acids is 9. The highest BCUT2D eigenvalue weighted by atomic mass is 32.1. The molecule has 0 aliphatic carbocycles. The Bertz CT molecular complexity index is 2220. The number of benzene rings is 2. The number of rotatable bonds is 30. The third-order valence-corrected chi connectivity index (χ3v) is 12.7. The molecular weight excluding hydrogens is 981 g/mol. The molecule has 0 saturated carbocycles. The number of nitrogens with two attached hydrogens (primary N) is 3. The van der Waals surface area contributed by atoms with Crippen LogP contribution in [0.4, 0.5) is 0 Å². The number of hydrogen-bond donors (Lipinski definition) is 13. The van der Waals surface area contributed by atoms with Crippen molar-refractivity contribution in [3.8, 4) is 5.75 Å². The van der Waals surface area contributed by atoms with Gasteiger partial charge in [0.2, 0.25) is 53.2 Å². The second-order valence-electron chi connectivity index (χ2n) is 18.4. The zero-order valence-electron chi connectivity index (χ0n) is 41.9. The molecule has 0 radical (unpaired) electrons. The first-order chi connectivity index (χ1) is 34.7. The van der Waals surface area contributed by atoms with E-state index in [0.29, 0.717) is 24.0 Å². The molecule has 8 atom stereocenters. The van der Waals surface area contributed by atoms with Gasteiger partial charge >= 0.3 is 0 Å². The van der Waals surface area contributed by atoms with Crippen LogP contribution < -0.4 is 54.4 Å². The Kier molecular flexibility index (Phi) is 25.9. The van der Waals surface area contributed by atoms with Crippen LogP contribution in [0.2, 0.25) is 0 Å². The number of nitrogens with one attached hydrogen (secondary N) is 7. The molecule has 22 nitrogen and oxygen atoms in total. The summed E-state index contributed by atoms with van der Waals surface area (Å²) in [5.41, 5.74) is 17.3. The Morgan fingerprint density at radius 2 is 1.32 bits per heavy atom. The minimum atomic E-state index is -1.25. The summed E-state index contributed by atoms with van der Waals surface area (Å²) in [7, 11) is 0. The van der Waals surface area contributed by atoms with Crippen LogP contribution in [0.1, 0.15) is 83.8 Å². The number of likely N-dealkylation sites (tertiary alicyclic amines) is 1. The molecule has 1 saturated heterocycles. The average molecular weight is 1060 g/mol. The lowest BCUT2D eigenvalue weighted by molar-refractivity contribution is -0.142. The lowest BCUT2D eigenvalue weighted by Gasteiger charge is -2.31. The average Bonchev–Trinajstić information content (AvgIpc) is 3.85. The van der Waals surface area contributed by atoms with E-state index < -0.39 is 108 Å². The van der Waals surface area contributed by atoms with E-state index in [1.54, 1.807) is 49.4 Å². The van der Waals surface area contributed by atoms with E-state index >= 15 is 0 Å². The minimum absolute atomic E-state index is 0.00834. The van der Waals surface area contributed by atoms with Crippen LogP contribution in [0.15, 0.2) is 59.6 Å². The van der Waals surface area contributed by atoms with E-state index in [-0.39, 0.29) is 87.2 Å². The van der Waals surface area contributed by atoms with Gasteiger partial charge in [0.1, 0.15) is 48.0 Å². The number of amides is 9. The Hall–Kier alpha value is -6.56. The van der Waals surface area contributed by atoms with Crippen molar-refractivity contribution in [3.63, 3.8) is 0 Å². The standard InChI is InChI=1S/C49H74N12O10S2/c1-5-29(4)41(60-45(68)36(24-30-11-7-6-8-12-30)57-44(67)35(55-40(64)19-22-72)25-31-15-17-32(62)18-16-31)47(70)58-34(23-28(2)3)43(66)59-37(27-73)48(71)61-21-10-14-38(61)46(69)56-33(13-9-20-53-49(51)52)42(65)54-26-39(50)63/h6-8,11-12,15-18,28-29,33-38,41,62,72-73H,5,9-10,13-14,19-27H2,1-4H3,(H2,50,63)(H,54,65)(H,55,64)(H,56,69)(H,57,67)(H,58,70)(H,59,66)(H,60,68)(H4,51,52,53)/t29-,33+,34-,35-,36-,37-,38-,41-/m0/s1. The maximum Gasteiger partial charge on any atom is 0.246 e. The van der Waals surface area contributed by atoms with Crippen LogP contribution in [0.25, 0.3) is 0 Å². The van der Waals surface area contributed by atoms with Gasteiger partial charge in [-0.1, -0.05) is 76.6 Å². The minimum Gasteiger partial charge on any atom is -0.508 e. The fourth-order valence-electron chi connectivity index (χ4n) is 8.00. The molecule has 2 aromatic rings. The van der Waals surface area contributed by atoms with Crippen LogP contribution >= 0.6 is 25.3 Å². The van der Waals surface area contributed by atoms with Gasteiger partial charge in [-0.3, -0.25) is 48.1 Å². The molecule has 0 bridgehead atoms. The second-order valence-corrected chi connectivity index (χ2v) is 19.2. The molecule has 402 valence electrons. The molecule has 3 rings (SSSR count). The number of carbonyl (C=O) groups is 9. The van der Waals surface area contributed by atoms with E-state index in [9.17, 15) is 48.3 Å². The van der Waals surface area contributed by atoms with E-state index in [1.807, 2.05) is 20.8 Å². The molecule has 1 heterocycles. The maximum atomic E-state index is 14.4. The van der Waals surface area contributed by atoms with Gasteiger partial charge in [0.25, 0.3) is 0 Å². The number of primary amides is 1. The first-order valence-electron chi connectivity index (χ1n) is 24.4. The van der Waals surface area contributed by atoms with E-state index in [2.05, 4.69) is 67.5 Å². The molecule has 14 N–H and O–H groups in total. The highest BCUT2D eigenvalue weighted by Gasteiger charge is 2.40. The molecule has 73 heavy (non-hydrogen) atoms. The summed E-state index contributed by atoms with van der Waals surface area (Å²) in [6.45, 7) is 7.08. The van der Waals surface area contributed by atoms with Gasteiger partial charge in [-0.05, 0) is 73.0 Å². The van der Waals surface area contributed by atoms with E-state index in [0.717, 1.165) is 0 Å². The first kappa shape index (κ1) is 60.7. The van der Waals surface area contributed by atoms with Crippen molar-refractivity contribution >= 4 is 84.4 Å². The highest BCUT2D eigenvalue weighted by Crippen LogP contribution is 2.21. The molecule has 2 aromatic carbocycles. The van der Waals surface area contributed by atoms with Crippen molar-refractivity contribution in [2.45, 2.75) is 128 Å². The largest absolute Gasteiger partial charge is 0.508 e. The zero-order chi connectivity index (χ0) is 54.2. The summed E-state index contributed by atoms with van der Waals surface area (Å²) < 4.78 is 0. The third kappa shape index (κ3) is 20.8. The van der Waals surface area contributed by atoms with Crippen molar-refractivity contribution in [1.82, 2.24) is 42.1 Å². The van der Waals surface area contributed by atoms with Crippen LogP contribution in [0.3, 0.4) is 0 Å². The van der Waals surface area contributed by atoms with Gasteiger partial charge in [0.15, 0.2) is 5.96 Å². The summed E-state index contributed by atoms with van der Waals surface area (Å²) in [6.07, 6.45) is 1.63. The van der Waals surface area contributed by atoms with Gasteiger partial charge in [-0.25, -0.2) is 0 Å². The Morgan fingerprint density at radius 3 is 1.90 bits per heavy atom. The number of phenolic OH excluding ortho intramolecular Hbond substituents is 1. The van der Waals surface area contributed by atoms with Crippen molar-refractivity contribution in [2.24, 2.45) is 34.0 Å². The van der Waals surface area contributed by atoms with Gasteiger partial charge in [-0.2, -0.15) is 25.3 Å². The predicted molar refractivity (Wildman–Crippen MR) is 282 cm³/mol. The van der Waals surface area contributed by atoms with Crippen LogP contribution in [0, 0.1) is 11.8 Å². The van der Waals surface area contributed by atoms with Gasteiger partial charge in [0, 0.05) is 38.1 Å². The molecule has 0 unspecified atom stereocenters. The number of thiol groups is 2. The molecule has 1 fully saturated rings. The maximum absolute atomic E-state index is 14.4. The number of aromatic hydroxyl groups is 1. The number of aliphatic imine (C=N–C) groups is 1. The molecule has 24 heteroatoms. The predicted octanol–water partition coefficient (Wildman–Crippen LogP) is -0.926. The molecule has 1 aliphatic rings. The quantitative estimate of drug-likeness (QED) is 0.0196. The highest BCUT2D eigenvalue weighted by molar-refractivity contribution is 7.80. The Labute approximate surface area is 437 Å². The molecular formula is C49H74N12O10S2. The number of phenols is 1. The SMILES string of the molecule is CC[C@H](C)[C@H](NC(=O)[C@H](Cc1ccccc1)NC(=O)[C@H](Cc1ccc(O)cc1)NC(=O)CCS)C(=O)N[C@@H](CC(C)C)C(=O)N[C@@H](CS)C(=O)N1CCC[C@H]1C(=O)N[C@H](CCCN=C(N)N)C(=O)NCC(N)=O. The van der Waals surface area contributed by atoms with Crippen LogP contribution in [-0.2, 0) is 56.0 Å². The smallest absolute Gasteiger partial charge is 0.246 e. The number of nitrogens with zero attached hydrogens (tertiary/aromatic N) is 2. The van der Waals surface area contributed by atoms with E-state index in [4.69, 9.17) is 17.2 Å². The van der Waals surface area contributed by atoms with Crippen molar-refractivity contribution in [2.75, 3.05) is 31.1 Å². The molecule has 0 spiro atoms. The second kappa shape index (κ2) is 31.1. The fourth-order valence-corrected chi connectivity index (χ4v) is 8.45. The third-order valence-electron chi connectivity index (χ3n) is 12.1. The number of hydrogen-bond acceptors (Lipinski definition) is 13. The molecule has 1 aliphatic heterocycles. The Balaban J connectivity index is 1.83. The lowest BCUT2D eigenvalue weighted by atomic mass is 9.95. The number of guanidine groups is 1. The van der Waals surface area contributed by atoms with Crippen molar-refractivity contribution in [1.29, 1.82) is 0 Å². The summed E-state index contributed by atoms with van der Waals surface area (Å²) in [4.78, 5) is 127. The zero-order valence-corrected chi connectivity index (χ0v) is 43.7. The van der Waals surface area contributed by atoms with Crippen LogP contribution in [-0.4, -0.2) is 143 Å². The summed E-state index contributed by atoms with van der Waals surface area (Å²) in [5.74, 6) is -6.71.